The van der Waals surface area contributed by atoms with Gasteiger partial charge in [0.05, 0.1) is 6.26 Å². The Balaban J connectivity index is 3.06. The monoisotopic (exact) mass is 280 g/mol. The summed E-state index contributed by atoms with van der Waals surface area (Å²) in [6.45, 7) is 3.51. The average molecular weight is 280 g/mol. The van der Waals surface area contributed by atoms with Crippen molar-refractivity contribution in [2.45, 2.75) is 84.5 Å². The zero-order valence-corrected chi connectivity index (χ0v) is 13.4. The minimum absolute atomic E-state index is 0.244. The predicted octanol–water partition coefficient (Wildman–Crippen LogP) is 5.93. The van der Waals surface area contributed by atoms with Crippen LogP contribution in [0.15, 0.2) is 24.5 Å². The smallest absolute Gasteiger partial charge is 0.307 e. The summed E-state index contributed by atoms with van der Waals surface area (Å²) in [5.41, 5.74) is 0. The Hall–Kier alpha value is -1.05. The highest BCUT2D eigenvalue weighted by molar-refractivity contribution is 5.66. The van der Waals surface area contributed by atoms with Crippen LogP contribution < -0.4 is 0 Å². The van der Waals surface area contributed by atoms with E-state index in [1.54, 1.807) is 0 Å². The normalized spacial score (nSPS) is 11.5. The average Bonchev–Trinajstić information content (AvgIpc) is 2.43. The van der Waals surface area contributed by atoms with Crippen LogP contribution >= 0.6 is 0 Å². The summed E-state index contributed by atoms with van der Waals surface area (Å²) in [7, 11) is 0. The first-order valence-electron chi connectivity index (χ1n) is 8.20. The van der Waals surface area contributed by atoms with Gasteiger partial charge < -0.3 is 4.74 Å². The molecule has 0 aromatic carbocycles. The molecule has 2 heteroatoms. The summed E-state index contributed by atoms with van der Waals surface area (Å²) in [6.07, 6.45) is 22.2. The Bertz CT molecular complexity index is 267. The van der Waals surface area contributed by atoms with Crippen LogP contribution in [0, 0.1) is 0 Å². The van der Waals surface area contributed by atoms with Crippen LogP contribution in [0.25, 0.3) is 0 Å². The van der Waals surface area contributed by atoms with Gasteiger partial charge in [-0.25, -0.2) is 0 Å². The van der Waals surface area contributed by atoms with E-state index in [2.05, 4.69) is 19.1 Å². The molecule has 0 aliphatic rings. The number of hydrogen-bond acceptors (Lipinski definition) is 2. The van der Waals surface area contributed by atoms with E-state index in [0.717, 1.165) is 6.42 Å². The summed E-state index contributed by atoms with van der Waals surface area (Å²) in [5, 5.41) is 0. The zero-order valence-electron chi connectivity index (χ0n) is 13.4. The zero-order chi connectivity index (χ0) is 14.9. The summed E-state index contributed by atoms with van der Waals surface area (Å²) in [6, 6.07) is 0. The minimum Gasteiger partial charge on any atom is -0.435 e. The Morgan fingerprint density at radius 3 is 1.70 bits per heavy atom. The van der Waals surface area contributed by atoms with Gasteiger partial charge in [-0.2, -0.15) is 0 Å². The van der Waals surface area contributed by atoms with Crippen LogP contribution in [0.4, 0.5) is 0 Å². The van der Waals surface area contributed by atoms with Gasteiger partial charge in [0.15, 0.2) is 0 Å². The van der Waals surface area contributed by atoms with E-state index in [-0.39, 0.29) is 5.97 Å². The van der Waals surface area contributed by atoms with Gasteiger partial charge in [0, 0.05) is 6.92 Å². The van der Waals surface area contributed by atoms with Crippen molar-refractivity contribution < 1.29 is 9.53 Å². The Morgan fingerprint density at radius 2 is 1.25 bits per heavy atom. The van der Waals surface area contributed by atoms with Crippen LogP contribution in [0.3, 0.4) is 0 Å². The lowest BCUT2D eigenvalue weighted by molar-refractivity contribution is -0.135. The topological polar surface area (TPSA) is 26.3 Å². The first-order chi connectivity index (χ1) is 9.77. The maximum atomic E-state index is 10.5. The highest BCUT2D eigenvalue weighted by atomic mass is 16.5. The molecular weight excluding hydrogens is 248 g/mol. The summed E-state index contributed by atoms with van der Waals surface area (Å²) in [5.74, 6) is -0.244. The minimum atomic E-state index is -0.244. The second-order valence-electron chi connectivity index (χ2n) is 5.31. The molecule has 0 saturated carbocycles. The van der Waals surface area contributed by atoms with Crippen molar-refractivity contribution in [3.8, 4) is 0 Å². The van der Waals surface area contributed by atoms with Gasteiger partial charge >= 0.3 is 5.97 Å². The molecule has 20 heavy (non-hydrogen) atoms. The molecule has 0 aromatic heterocycles. The molecule has 0 aliphatic carbocycles. The lowest BCUT2D eigenvalue weighted by atomic mass is 10.1. The molecule has 0 unspecified atom stereocenters. The van der Waals surface area contributed by atoms with E-state index in [1.165, 1.54) is 77.4 Å². The van der Waals surface area contributed by atoms with Crippen LogP contribution in [0.1, 0.15) is 84.5 Å². The third-order valence-corrected chi connectivity index (χ3v) is 3.31. The van der Waals surface area contributed by atoms with Crippen LogP contribution in [-0.4, -0.2) is 5.97 Å². The van der Waals surface area contributed by atoms with Gasteiger partial charge in [0.25, 0.3) is 0 Å². The molecule has 0 radical (unpaired) electrons. The van der Waals surface area contributed by atoms with Crippen molar-refractivity contribution >= 4 is 5.97 Å². The molecule has 0 aliphatic heterocycles. The Labute approximate surface area is 125 Å². The van der Waals surface area contributed by atoms with Crippen molar-refractivity contribution in [3.63, 3.8) is 0 Å². The molecule has 0 fully saturated rings. The van der Waals surface area contributed by atoms with E-state index in [9.17, 15) is 4.79 Å². The molecule has 0 N–H and O–H groups in total. The summed E-state index contributed by atoms with van der Waals surface area (Å²) in [4.78, 5) is 10.5. The number of carbonyl (C=O) groups is 1. The number of carbonyl (C=O) groups excluding carboxylic acids is 1. The first kappa shape index (κ1) is 18.9. The summed E-state index contributed by atoms with van der Waals surface area (Å²) >= 11 is 0. The third kappa shape index (κ3) is 16.9. The first-order valence-corrected chi connectivity index (χ1v) is 8.20. The molecule has 116 valence electrons. The van der Waals surface area contributed by atoms with E-state index in [0.29, 0.717) is 0 Å². The van der Waals surface area contributed by atoms with Crippen molar-refractivity contribution in [1.29, 1.82) is 0 Å². The Kier molecular flexibility index (Phi) is 15.2. The number of rotatable bonds is 13. The fourth-order valence-corrected chi connectivity index (χ4v) is 2.14. The second-order valence-corrected chi connectivity index (χ2v) is 5.31. The molecule has 2 nitrogen and oxygen atoms in total. The molecule has 0 saturated heterocycles. The molecule has 0 heterocycles. The molecule has 0 aromatic rings. The Morgan fingerprint density at radius 1 is 0.800 bits per heavy atom. The van der Waals surface area contributed by atoms with Crippen molar-refractivity contribution in [2.24, 2.45) is 0 Å². The number of ether oxygens (including phenoxy) is 1. The fraction of sp³-hybridized carbons (Fsp3) is 0.722. The van der Waals surface area contributed by atoms with E-state index >= 15 is 0 Å². The SMILES string of the molecule is C/C=C/CCCCCCCCCCC/C=C\OC(C)=O. The second kappa shape index (κ2) is 16.0. The van der Waals surface area contributed by atoms with E-state index < -0.39 is 0 Å². The summed E-state index contributed by atoms with van der Waals surface area (Å²) < 4.78 is 4.73. The molecule has 0 rings (SSSR count). The van der Waals surface area contributed by atoms with Gasteiger partial charge in [-0.15, -0.1) is 0 Å². The maximum Gasteiger partial charge on any atom is 0.307 e. The van der Waals surface area contributed by atoms with Gasteiger partial charge in [-0.1, -0.05) is 57.1 Å². The highest BCUT2D eigenvalue weighted by Crippen LogP contribution is 2.11. The van der Waals surface area contributed by atoms with E-state index in [1.807, 2.05) is 6.08 Å². The van der Waals surface area contributed by atoms with Gasteiger partial charge in [-0.05, 0) is 38.7 Å². The van der Waals surface area contributed by atoms with Crippen LogP contribution in [-0.2, 0) is 9.53 Å². The number of allylic oxidation sites excluding steroid dienone is 3. The molecule has 0 amide bonds. The molecule has 0 spiro atoms. The number of esters is 1. The predicted molar refractivity (Wildman–Crippen MR) is 86.5 cm³/mol. The fourth-order valence-electron chi connectivity index (χ4n) is 2.14. The largest absolute Gasteiger partial charge is 0.435 e. The lowest BCUT2D eigenvalue weighted by Crippen LogP contribution is -1.89. The standard InChI is InChI=1S/C18H32O2/c1-3-4-5-6-7-8-9-10-11-12-13-14-15-16-17-20-18(2)19/h3-4,16-17H,5-15H2,1-2H3/b4-3+,17-16-. The molecule has 0 atom stereocenters. The number of hydrogen-bond donors (Lipinski definition) is 0. The lowest BCUT2D eigenvalue weighted by Gasteiger charge is -2.01. The van der Waals surface area contributed by atoms with Gasteiger partial charge in [0.1, 0.15) is 0 Å². The maximum absolute atomic E-state index is 10.5. The van der Waals surface area contributed by atoms with Crippen molar-refractivity contribution in [1.82, 2.24) is 0 Å². The van der Waals surface area contributed by atoms with Crippen molar-refractivity contribution in [2.75, 3.05) is 0 Å². The van der Waals surface area contributed by atoms with Gasteiger partial charge in [-0.3, -0.25) is 4.79 Å². The third-order valence-electron chi connectivity index (χ3n) is 3.31. The van der Waals surface area contributed by atoms with Crippen molar-refractivity contribution in [3.05, 3.63) is 24.5 Å². The molecule has 0 bridgehead atoms. The van der Waals surface area contributed by atoms with E-state index in [4.69, 9.17) is 4.74 Å². The van der Waals surface area contributed by atoms with Crippen LogP contribution in [0.5, 0.6) is 0 Å². The van der Waals surface area contributed by atoms with Gasteiger partial charge in [0.2, 0.25) is 0 Å². The van der Waals surface area contributed by atoms with Crippen LogP contribution in [0.2, 0.25) is 0 Å². The number of unbranched alkanes of at least 4 members (excludes halogenated alkanes) is 10. The highest BCUT2D eigenvalue weighted by Gasteiger charge is 1.92. The molecular formula is C18H32O2. The quantitative estimate of drug-likeness (QED) is 0.181.